The van der Waals surface area contributed by atoms with Crippen LogP contribution in [0.15, 0.2) is 11.5 Å². The van der Waals surface area contributed by atoms with Crippen molar-refractivity contribution in [3.63, 3.8) is 0 Å². The Labute approximate surface area is 177 Å². The van der Waals surface area contributed by atoms with Crippen molar-refractivity contribution in [1.29, 1.82) is 5.26 Å². The summed E-state index contributed by atoms with van der Waals surface area (Å²) in [5.74, 6) is 1.60. The van der Waals surface area contributed by atoms with Gasteiger partial charge in [0.2, 0.25) is 0 Å². The molecule has 3 saturated heterocycles. The van der Waals surface area contributed by atoms with E-state index in [1.54, 1.807) is 0 Å². The highest BCUT2D eigenvalue weighted by Crippen LogP contribution is 2.26. The normalized spacial score (nSPS) is 25.4. The van der Waals surface area contributed by atoms with Crippen LogP contribution in [-0.2, 0) is 0 Å². The van der Waals surface area contributed by atoms with Gasteiger partial charge in [0.1, 0.15) is 5.82 Å². The summed E-state index contributed by atoms with van der Waals surface area (Å²) in [6.07, 6.45) is 8.97. The lowest BCUT2D eigenvalue weighted by atomic mass is 9.95. The molecular weight excluding hydrogens is 360 g/mol. The zero-order valence-corrected chi connectivity index (χ0v) is 18.4. The molecule has 3 fully saturated rings. The smallest absolute Gasteiger partial charge is 0.300 e. The molecule has 0 saturated carbocycles. The molecule has 3 aliphatic heterocycles. The number of hydrogen-bond acceptors (Lipinski definition) is 5. The number of nitriles is 1. The van der Waals surface area contributed by atoms with Gasteiger partial charge in [0.15, 0.2) is 0 Å². The van der Waals surface area contributed by atoms with Gasteiger partial charge >= 0.3 is 5.70 Å². The Morgan fingerprint density at radius 2 is 1.79 bits per heavy atom. The Kier molecular flexibility index (Phi) is 8.21. The van der Waals surface area contributed by atoms with E-state index >= 15 is 0 Å². The minimum Gasteiger partial charge on any atom is -0.368 e. The lowest BCUT2D eigenvalue weighted by molar-refractivity contribution is 0.125. The SMILES string of the molecule is [C-]#[N+]C(C#N)=C(N(C)CCN1CCC[C@@H]1C)N1CCC(CN2CCCCC2)CC1. The average Bonchev–Trinajstić information content (AvgIpc) is 3.16. The summed E-state index contributed by atoms with van der Waals surface area (Å²) in [5.41, 5.74) is 0.247. The largest absolute Gasteiger partial charge is 0.368 e. The fourth-order valence-corrected chi connectivity index (χ4v) is 5.24. The molecule has 6 heteroatoms. The molecule has 0 aromatic carbocycles. The maximum atomic E-state index is 9.57. The summed E-state index contributed by atoms with van der Waals surface area (Å²) in [6, 6.07) is 2.81. The third-order valence-electron chi connectivity index (χ3n) is 7.08. The van der Waals surface area contributed by atoms with E-state index in [9.17, 15) is 5.26 Å². The zero-order valence-electron chi connectivity index (χ0n) is 18.4. The highest BCUT2D eigenvalue weighted by Gasteiger charge is 2.27. The van der Waals surface area contributed by atoms with E-state index in [2.05, 4.69) is 44.5 Å². The van der Waals surface area contributed by atoms with Gasteiger partial charge < -0.3 is 14.7 Å². The molecule has 3 heterocycles. The second-order valence-electron chi connectivity index (χ2n) is 9.14. The second kappa shape index (κ2) is 10.9. The minimum absolute atomic E-state index is 0.247. The summed E-state index contributed by atoms with van der Waals surface area (Å²) in [4.78, 5) is 13.2. The second-order valence-corrected chi connectivity index (χ2v) is 9.14. The van der Waals surface area contributed by atoms with Crippen molar-refractivity contribution in [2.75, 3.05) is 59.4 Å². The van der Waals surface area contributed by atoms with Crippen LogP contribution >= 0.6 is 0 Å². The fraction of sp³-hybridized carbons (Fsp3) is 0.826. The average molecular weight is 399 g/mol. The van der Waals surface area contributed by atoms with E-state index in [-0.39, 0.29) is 5.70 Å². The molecule has 0 aromatic rings. The number of rotatable bonds is 7. The molecule has 3 aliphatic rings. The summed E-state index contributed by atoms with van der Waals surface area (Å²) >= 11 is 0. The lowest BCUT2D eigenvalue weighted by Gasteiger charge is -2.41. The molecule has 0 spiro atoms. The van der Waals surface area contributed by atoms with Crippen LogP contribution in [0.3, 0.4) is 0 Å². The Morgan fingerprint density at radius 3 is 2.38 bits per heavy atom. The molecule has 0 aromatic heterocycles. The molecular formula is C23H38N6. The predicted molar refractivity (Wildman–Crippen MR) is 117 cm³/mol. The van der Waals surface area contributed by atoms with E-state index in [0.29, 0.717) is 6.04 Å². The quantitative estimate of drug-likeness (QED) is 0.487. The van der Waals surface area contributed by atoms with Crippen LogP contribution in [-0.4, -0.2) is 85.0 Å². The lowest BCUT2D eigenvalue weighted by Crippen LogP contribution is -2.44. The number of hydrogen-bond donors (Lipinski definition) is 0. The zero-order chi connectivity index (χ0) is 20.6. The first-order valence-corrected chi connectivity index (χ1v) is 11.6. The van der Waals surface area contributed by atoms with Crippen molar-refractivity contribution in [2.45, 2.75) is 57.9 Å². The van der Waals surface area contributed by atoms with Crippen LogP contribution in [0.2, 0.25) is 0 Å². The van der Waals surface area contributed by atoms with Crippen molar-refractivity contribution in [1.82, 2.24) is 19.6 Å². The molecule has 0 N–H and O–H groups in total. The number of likely N-dealkylation sites (N-methyl/N-ethyl adjacent to an activating group) is 1. The standard InChI is InChI=1S/C23H38N6/c1-20-8-7-13-28(20)17-16-26(3)23(22(18-24)25-2)29-14-9-21(10-15-29)19-27-11-5-4-6-12-27/h20-21H,4-17,19H2,1,3H3/t20-/m0/s1. The van der Waals surface area contributed by atoms with E-state index < -0.39 is 0 Å². The van der Waals surface area contributed by atoms with Crippen LogP contribution in [0.5, 0.6) is 0 Å². The van der Waals surface area contributed by atoms with Crippen LogP contribution in [0.1, 0.15) is 51.9 Å². The van der Waals surface area contributed by atoms with Crippen molar-refractivity contribution >= 4 is 0 Å². The third-order valence-corrected chi connectivity index (χ3v) is 7.08. The maximum Gasteiger partial charge on any atom is 0.300 e. The third kappa shape index (κ3) is 5.87. The number of likely N-dealkylation sites (tertiary alicyclic amines) is 3. The van der Waals surface area contributed by atoms with Crippen LogP contribution < -0.4 is 0 Å². The van der Waals surface area contributed by atoms with Gasteiger partial charge in [-0.3, -0.25) is 4.90 Å². The monoisotopic (exact) mass is 398 g/mol. The first-order valence-electron chi connectivity index (χ1n) is 11.6. The first kappa shape index (κ1) is 21.9. The van der Waals surface area contributed by atoms with Gasteiger partial charge in [-0.2, -0.15) is 0 Å². The highest BCUT2D eigenvalue weighted by molar-refractivity contribution is 5.32. The van der Waals surface area contributed by atoms with E-state index in [1.165, 1.54) is 58.3 Å². The number of allylic oxidation sites excluding steroid dienone is 1. The molecule has 0 aliphatic carbocycles. The topological polar surface area (TPSA) is 41.1 Å². The first-order chi connectivity index (χ1) is 14.1. The van der Waals surface area contributed by atoms with Crippen LogP contribution in [0.4, 0.5) is 0 Å². The number of nitrogens with zero attached hydrogens (tertiary/aromatic N) is 6. The molecule has 29 heavy (non-hydrogen) atoms. The Balaban J connectivity index is 1.57. The summed E-state index contributed by atoms with van der Waals surface area (Å²) in [7, 11) is 2.05. The van der Waals surface area contributed by atoms with Crippen molar-refractivity contribution in [2.24, 2.45) is 5.92 Å². The van der Waals surface area contributed by atoms with Gasteiger partial charge in [0.05, 0.1) is 12.6 Å². The van der Waals surface area contributed by atoms with Gasteiger partial charge in [-0.25, -0.2) is 10.1 Å². The highest BCUT2D eigenvalue weighted by atomic mass is 15.3. The van der Waals surface area contributed by atoms with E-state index in [4.69, 9.17) is 6.57 Å². The summed E-state index contributed by atoms with van der Waals surface area (Å²) < 4.78 is 0. The predicted octanol–water partition coefficient (Wildman–Crippen LogP) is 3.21. The van der Waals surface area contributed by atoms with Crippen LogP contribution in [0, 0.1) is 23.8 Å². The molecule has 0 bridgehead atoms. The van der Waals surface area contributed by atoms with Gasteiger partial charge in [0.25, 0.3) is 0 Å². The van der Waals surface area contributed by atoms with Crippen molar-refractivity contribution in [3.05, 3.63) is 22.9 Å². The van der Waals surface area contributed by atoms with Crippen molar-refractivity contribution < 1.29 is 0 Å². The fourth-order valence-electron chi connectivity index (χ4n) is 5.24. The van der Waals surface area contributed by atoms with Gasteiger partial charge in [-0.05, 0) is 71.0 Å². The van der Waals surface area contributed by atoms with E-state index in [0.717, 1.165) is 50.8 Å². The van der Waals surface area contributed by atoms with Crippen molar-refractivity contribution in [3.8, 4) is 6.07 Å². The summed E-state index contributed by atoms with van der Waals surface area (Å²) in [5, 5.41) is 9.57. The Bertz CT molecular complexity index is 615. The minimum atomic E-state index is 0.247. The molecule has 3 rings (SSSR count). The van der Waals surface area contributed by atoms with Crippen LogP contribution in [0.25, 0.3) is 4.85 Å². The Morgan fingerprint density at radius 1 is 1.07 bits per heavy atom. The Hall–Kier alpha value is -1.76. The molecule has 160 valence electrons. The molecule has 0 radical (unpaired) electrons. The van der Waals surface area contributed by atoms with Gasteiger partial charge in [-0.15, -0.1) is 0 Å². The van der Waals surface area contributed by atoms with Gasteiger partial charge in [0, 0.05) is 45.8 Å². The maximum absolute atomic E-state index is 9.57. The van der Waals surface area contributed by atoms with Gasteiger partial charge in [-0.1, -0.05) is 6.42 Å². The molecule has 0 amide bonds. The molecule has 0 unspecified atom stereocenters. The molecule has 6 nitrogen and oxygen atoms in total. The molecule has 1 atom stereocenters. The number of piperidine rings is 2. The summed E-state index contributed by atoms with van der Waals surface area (Å²) in [6.45, 7) is 18.5. The van der Waals surface area contributed by atoms with E-state index in [1.807, 2.05) is 0 Å².